The number of benzene rings is 5. The van der Waals surface area contributed by atoms with Crippen LogP contribution in [0, 0.1) is 0 Å². The lowest BCUT2D eigenvalue weighted by Gasteiger charge is -2.26. The third-order valence-electron chi connectivity index (χ3n) is 6.98. The van der Waals surface area contributed by atoms with Crippen molar-refractivity contribution in [1.29, 1.82) is 0 Å². The summed E-state index contributed by atoms with van der Waals surface area (Å²) in [6, 6.07) is 45.5. The summed E-state index contributed by atoms with van der Waals surface area (Å²) >= 11 is 3.54. The summed E-state index contributed by atoms with van der Waals surface area (Å²) in [6.45, 7) is 0. The Hall–Kier alpha value is -4.40. The average molecular weight is 567 g/mol. The van der Waals surface area contributed by atoms with E-state index in [1.165, 1.54) is 33.4 Å². The molecule has 1 aliphatic rings. The Morgan fingerprint density at radius 2 is 0.923 bits per heavy atom. The third kappa shape index (κ3) is 5.72. The lowest BCUT2D eigenvalue weighted by atomic mass is 10.0. The van der Waals surface area contributed by atoms with E-state index in [4.69, 9.17) is 0 Å². The van der Waals surface area contributed by atoms with Gasteiger partial charge in [-0.05, 0) is 88.3 Å². The van der Waals surface area contributed by atoms with E-state index in [1.54, 1.807) is 0 Å². The summed E-state index contributed by atoms with van der Waals surface area (Å²) in [4.78, 5) is 2.32. The zero-order valence-electron chi connectivity index (χ0n) is 21.5. The van der Waals surface area contributed by atoms with Gasteiger partial charge in [-0.1, -0.05) is 125 Å². The van der Waals surface area contributed by atoms with Crippen molar-refractivity contribution >= 4 is 38.6 Å². The van der Waals surface area contributed by atoms with Gasteiger partial charge in [0.05, 0.1) is 0 Å². The molecule has 0 bridgehead atoms. The van der Waals surface area contributed by atoms with Gasteiger partial charge in [0.15, 0.2) is 0 Å². The maximum absolute atomic E-state index is 3.54. The molecule has 0 spiro atoms. The molecule has 6 rings (SSSR count). The SMILES string of the molecule is Brc1ccc(-c2ccc(N(c3ccc(C4=CC=CCC=C4)cc3)c3ccc(-c4ccccc4)cc3)cc2)cc1. The van der Waals surface area contributed by atoms with Crippen LogP contribution < -0.4 is 4.90 Å². The van der Waals surface area contributed by atoms with Crippen LogP contribution in [-0.4, -0.2) is 0 Å². The minimum absolute atomic E-state index is 0.973. The van der Waals surface area contributed by atoms with Crippen molar-refractivity contribution in [3.8, 4) is 22.3 Å². The van der Waals surface area contributed by atoms with E-state index in [2.05, 4.69) is 179 Å². The highest BCUT2D eigenvalue weighted by Gasteiger charge is 2.14. The van der Waals surface area contributed by atoms with Gasteiger partial charge in [0, 0.05) is 21.5 Å². The highest BCUT2D eigenvalue weighted by atomic mass is 79.9. The van der Waals surface area contributed by atoms with E-state index in [9.17, 15) is 0 Å². The lowest BCUT2D eigenvalue weighted by Crippen LogP contribution is -2.09. The van der Waals surface area contributed by atoms with Crippen molar-refractivity contribution < 1.29 is 0 Å². The zero-order chi connectivity index (χ0) is 26.4. The van der Waals surface area contributed by atoms with Crippen LogP contribution in [0.1, 0.15) is 12.0 Å². The fourth-order valence-electron chi connectivity index (χ4n) is 4.90. The quantitative estimate of drug-likeness (QED) is 0.198. The Kier molecular flexibility index (Phi) is 7.38. The fraction of sp³-hybridized carbons (Fsp3) is 0.0270. The molecule has 5 aromatic carbocycles. The van der Waals surface area contributed by atoms with Crippen LogP contribution in [0.4, 0.5) is 17.1 Å². The van der Waals surface area contributed by atoms with Gasteiger partial charge in [-0.25, -0.2) is 0 Å². The molecule has 0 heterocycles. The Labute approximate surface area is 239 Å². The first kappa shape index (κ1) is 24.9. The number of hydrogen-bond donors (Lipinski definition) is 0. The summed E-state index contributed by atoms with van der Waals surface area (Å²) in [5, 5.41) is 0. The molecule has 0 N–H and O–H groups in total. The molecule has 0 saturated carbocycles. The van der Waals surface area contributed by atoms with Gasteiger partial charge >= 0.3 is 0 Å². The minimum Gasteiger partial charge on any atom is -0.311 e. The Bertz CT molecular complexity index is 1630. The molecule has 0 fully saturated rings. The molecule has 2 heteroatoms. The number of nitrogens with zero attached hydrogens (tertiary/aromatic N) is 1. The van der Waals surface area contributed by atoms with Gasteiger partial charge < -0.3 is 4.90 Å². The first-order valence-electron chi connectivity index (χ1n) is 13.2. The molecule has 1 aliphatic carbocycles. The van der Waals surface area contributed by atoms with Crippen molar-refractivity contribution in [2.24, 2.45) is 0 Å². The summed E-state index contributed by atoms with van der Waals surface area (Å²) in [5.41, 5.74) is 10.6. The van der Waals surface area contributed by atoms with E-state index in [1.807, 2.05) is 0 Å². The van der Waals surface area contributed by atoms with E-state index < -0.39 is 0 Å². The molecular formula is C37H28BrN. The second-order valence-electron chi connectivity index (χ2n) is 9.54. The zero-order valence-corrected chi connectivity index (χ0v) is 23.1. The van der Waals surface area contributed by atoms with Crippen LogP contribution >= 0.6 is 15.9 Å². The van der Waals surface area contributed by atoms with E-state index in [0.717, 1.165) is 28.0 Å². The van der Waals surface area contributed by atoms with Gasteiger partial charge in [-0.2, -0.15) is 0 Å². The summed E-state index contributed by atoms with van der Waals surface area (Å²) in [6.07, 6.45) is 11.9. The first-order chi connectivity index (χ1) is 19.2. The number of allylic oxidation sites excluding steroid dienone is 6. The maximum atomic E-state index is 3.54. The number of rotatable bonds is 6. The van der Waals surface area contributed by atoms with E-state index in [0.29, 0.717) is 0 Å². The van der Waals surface area contributed by atoms with Crippen molar-refractivity contribution in [3.63, 3.8) is 0 Å². The van der Waals surface area contributed by atoms with Crippen LogP contribution in [0.25, 0.3) is 27.8 Å². The van der Waals surface area contributed by atoms with Crippen LogP contribution in [0.15, 0.2) is 162 Å². The van der Waals surface area contributed by atoms with Crippen LogP contribution in [0.2, 0.25) is 0 Å². The summed E-state index contributed by atoms with van der Waals surface area (Å²) in [7, 11) is 0. The standard InChI is InChI=1S/C37H28BrN/c38-34-20-12-30(13-21-34)33-18-26-37(27-19-33)39(36-24-16-32(17-25-36)29-10-6-3-7-11-29)35-22-14-31(15-23-35)28-8-4-1-2-5-9-28/h1,3-27H,2H2. The lowest BCUT2D eigenvalue weighted by molar-refractivity contribution is 1.28. The molecule has 0 amide bonds. The van der Waals surface area contributed by atoms with Crippen molar-refractivity contribution in [1.82, 2.24) is 0 Å². The molecular weight excluding hydrogens is 538 g/mol. The minimum atomic E-state index is 0.973. The topological polar surface area (TPSA) is 3.24 Å². The Balaban J connectivity index is 1.37. The van der Waals surface area contributed by atoms with Gasteiger partial charge in [-0.3, -0.25) is 0 Å². The molecule has 0 radical (unpaired) electrons. The van der Waals surface area contributed by atoms with Gasteiger partial charge in [0.2, 0.25) is 0 Å². The largest absolute Gasteiger partial charge is 0.311 e. The number of anilines is 3. The van der Waals surface area contributed by atoms with Crippen molar-refractivity contribution in [3.05, 3.63) is 168 Å². The second kappa shape index (κ2) is 11.6. The Morgan fingerprint density at radius 3 is 1.46 bits per heavy atom. The molecule has 39 heavy (non-hydrogen) atoms. The molecule has 188 valence electrons. The van der Waals surface area contributed by atoms with Crippen LogP contribution in [0.5, 0.6) is 0 Å². The monoisotopic (exact) mass is 565 g/mol. The van der Waals surface area contributed by atoms with E-state index >= 15 is 0 Å². The highest BCUT2D eigenvalue weighted by molar-refractivity contribution is 9.10. The van der Waals surface area contributed by atoms with Gasteiger partial charge in [0.1, 0.15) is 0 Å². The van der Waals surface area contributed by atoms with E-state index in [-0.39, 0.29) is 0 Å². The van der Waals surface area contributed by atoms with Crippen molar-refractivity contribution in [2.75, 3.05) is 4.90 Å². The predicted molar refractivity (Wildman–Crippen MR) is 171 cm³/mol. The van der Waals surface area contributed by atoms with Crippen molar-refractivity contribution in [2.45, 2.75) is 6.42 Å². The molecule has 0 atom stereocenters. The molecule has 0 saturated heterocycles. The smallest absolute Gasteiger partial charge is 0.0462 e. The maximum Gasteiger partial charge on any atom is 0.0462 e. The van der Waals surface area contributed by atoms with Gasteiger partial charge in [-0.15, -0.1) is 0 Å². The van der Waals surface area contributed by atoms with Crippen LogP contribution in [-0.2, 0) is 0 Å². The number of halogens is 1. The predicted octanol–water partition coefficient (Wildman–Crippen LogP) is 11.2. The summed E-state index contributed by atoms with van der Waals surface area (Å²) < 4.78 is 1.09. The molecule has 1 nitrogen and oxygen atoms in total. The second-order valence-corrected chi connectivity index (χ2v) is 10.5. The molecule has 0 unspecified atom stereocenters. The fourth-order valence-corrected chi connectivity index (χ4v) is 5.17. The summed E-state index contributed by atoms with van der Waals surface area (Å²) in [5.74, 6) is 0. The highest BCUT2D eigenvalue weighted by Crippen LogP contribution is 2.37. The molecule has 5 aromatic rings. The average Bonchev–Trinajstić information content (AvgIpc) is 3.29. The molecule has 0 aromatic heterocycles. The Morgan fingerprint density at radius 1 is 0.462 bits per heavy atom. The number of hydrogen-bond acceptors (Lipinski definition) is 1. The van der Waals surface area contributed by atoms with Gasteiger partial charge in [0.25, 0.3) is 0 Å². The third-order valence-corrected chi connectivity index (χ3v) is 7.50. The molecule has 0 aliphatic heterocycles. The first-order valence-corrected chi connectivity index (χ1v) is 14.0. The van der Waals surface area contributed by atoms with Crippen LogP contribution in [0.3, 0.4) is 0 Å². The normalized spacial score (nSPS) is 12.6.